The highest BCUT2D eigenvalue weighted by Crippen LogP contribution is 2.32. The van der Waals surface area contributed by atoms with Crippen molar-refractivity contribution in [1.82, 2.24) is 0 Å². The predicted octanol–water partition coefficient (Wildman–Crippen LogP) is 2.96. The maximum atomic E-state index is 10.5. The molecule has 0 amide bonds. The first-order chi connectivity index (χ1) is 5.70. The minimum absolute atomic E-state index is 0.0313. The first-order valence-electron chi connectivity index (χ1n) is 3.28. The Bertz CT molecular complexity index is 308. The highest BCUT2D eigenvalue weighted by molar-refractivity contribution is 7.46. The molecule has 1 atom stereocenters. The molecule has 0 aliphatic carbocycles. The Labute approximate surface area is 76.4 Å². The lowest BCUT2D eigenvalue weighted by atomic mass is 10.2. The lowest BCUT2D eigenvalue weighted by Gasteiger charge is -1.87. The summed E-state index contributed by atoms with van der Waals surface area (Å²) in [5, 5.41) is 0. The van der Waals surface area contributed by atoms with Crippen LogP contribution in [0.25, 0.3) is 6.08 Å². The predicted molar refractivity (Wildman–Crippen MR) is 50.1 cm³/mol. The Hall–Kier alpha value is -0.690. The molecule has 1 aromatic carbocycles. The Balaban J connectivity index is 2.89. The van der Waals surface area contributed by atoms with E-state index in [1.807, 2.05) is 18.2 Å². The van der Waals surface area contributed by atoms with E-state index in [2.05, 4.69) is 0 Å². The summed E-state index contributed by atoms with van der Waals surface area (Å²) in [6.45, 7) is 0. The van der Waals surface area contributed by atoms with Gasteiger partial charge in [0.15, 0.2) is 0 Å². The van der Waals surface area contributed by atoms with E-state index in [0.29, 0.717) is 0 Å². The number of hydrogen-bond acceptors (Lipinski definition) is 1. The highest BCUT2D eigenvalue weighted by Gasteiger charge is 2.16. The van der Waals surface area contributed by atoms with Gasteiger partial charge < -0.3 is 0 Å². The molecule has 1 N–H and O–H groups in total. The van der Waals surface area contributed by atoms with Gasteiger partial charge in [0, 0.05) is 6.08 Å². The summed E-state index contributed by atoms with van der Waals surface area (Å²) in [6, 6.07) is 9.15. The van der Waals surface area contributed by atoms with Crippen molar-refractivity contribution in [2.75, 3.05) is 0 Å². The molecule has 1 unspecified atom stereocenters. The zero-order valence-electron chi connectivity index (χ0n) is 6.14. The fourth-order valence-corrected chi connectivity index (χ4v) is 1.13. The SMILES string of the molecule is O=[P+](O)C(Cl)=Cc1ccccc1. The largest absolute Gasteiger partial charge is 0.558 e. The quantitative estimate of drug-likeness (QED) is 0.747. The van der Waals surface area contributed by atoms with Crippen molar-refractivity contribution in [2.24, 2.45) is 0 Å². The van der Waals surface area contributed by atoms with Gasteiger partial charge in [-0.25, -0.2) is 0 Å². The number of benzene rings is 1. The molecule has 2 nitrogen and oxygen atoms in total. The molecule has 0 saturated heterocycles. The van der Waals surface area contributed by atoms with Crippen molar-refractivity contribution in [3.63, 3.8) is 0 Å². The van der Waals surface area contributed by atoms with Gasteiger partial charge in [0.1, 0.15) is 0 Å². The summed E-state index contributed by atoms with van der Waals surface area (Å²) < 4.78 is 10.4. The van der Waals surface area contributed by atoms with Crippen molar-refractivity contribution >= 4 is 25.7 Å². The molecule has 0 fully saturated rings. The van der Waals surface area contributed by atoms with Gasteiger partial charge in [0.25, 0.3) is 4.77 Å². The van der Waals surface area contributed by atoms with Gasteiger partial charge in [-0.15, -0.1) is 0 Å². The molecule has 1 rings (SSSR count). The molecule has 4 heteroatoms. The second-order valence-electron chi connectivity index (χ2n) is 2.15. The number of hydrogen-bond donors (Lipinski definition) is 1. The van der Waals surface area contributed by atoms with E-state index in [4.69, 9.17) is 16.5 Å². The van der Waals surface area contributed by atoms with E-state index < -0.39 is 8.03 Å². The average Bonchev–Trinajstić information content (AvgIpc) is 2.06. The van der Waals surface area contributed by atoms with Crippen LogP contribution >= 0.6 is 19.6 Å². The summed E-state index contributed by atoms with van der Waals surface area (Å²) in [5.41, 5.74) is 0.819. The lowest BCUT2D eigenvalue weighted by molar-refractivity contribution is 0.512. The van der Waals surface area contributed by atoms with E-state index in [1.165, 1.54) is 6.08 Å². The standard InChI is InChI=1S/C8H6ClO2P/c9-8(12(10)11)6-7-4-2-1-3-5-7/h1-6H/p+1. The van der Waals surface area contributed by atoms with E-state index in [-0.39, 0.29) is 4.77 Å². The normalized spacial score (nSPS) is 12.8. The fraction of sp³-hybridized carbons (Fsp3) is 0. The van der Waals surface area contributed by atoms with Crippen LogP contribution in [0.5, 0.6) is 0 Å². The van der Waals surface area contributed by atoms with Crippen LogP contribution < -0.4 is 0 Å². The van der Waals surface area contributed by atoms with Crippen LogP contribution in [0.2, 0.25) is 0 Å². The van der Waals surface area contributed by atoms with Crippen LogP contribution in [0.15, 0.2) is 35.1 Å². The highest BCUT2D eigenvalue weighted by atomic mass is 35.5. The van der Waals surface area contributed by atoms with Gasteiger partial charge in [0.2, 0.25) is 0 Å². The third kappa shape index (κ3) is 2.74. The van der Waals surface area contributed by atoms with Crippen molar-refractivity contribution in [2.45, 2.75) is 0 Å². The average molecular weight is 202 g/mol. The third-order valence-electron chi connectivity index (χ3n) is 1.27. The molecular formula is C8H7ClO2P+. The third-order valence-corrected chi connectivity index (χ3v) is 2.31. The summed E-state index contributed by atoms with van der Waals surface area (Å²) >= 11 is 5.48. The summed E-state index contributed by atoms with van der Waals surface area (Å²) in [7, 11) is -2.41. The monoisotopic (exact) mass is 201 g/mol. The molecular weight excluding hydrogens is 195 g/mol. The molecule has 0 radical (unpaired) electrons. The Morgan fingerprint density at radius 1 is 1.42 bits per heavy atom. The van der Waals surface area contributed by atoms with Crippen molar-refractivity contribution in [3.8, 4) is 0 Å². The smallest absolute Gasteiger partial charge is 0.156 e. The first kappa shape index (κ1) is 9.40. The van der Waals surface area contributed by atoms with Gasteiger partial charge in [0.05, 0.1) is 0 Å². The Kier molecular flexibility index (Phi) is 3.42. The first-order valence-corrected chi connectivity index (χ1v) is 4.87. The van der Waals surface area contributed by atoms with Crippen LogP contribution in [0.1, 0.15) is 5.56 Å². The van der Waals surface area contributed by atoms with Crippen LogP contribution in [0.3, 0.4) is 0 Å². The minimum Gasteiger partial charge on any atom is -0.156 e. The van der Waals surface area contributed by atoms with E-state index >= 15 is 0 Å². The maximum absolute atomic E-state index is 10.5. The Morgan fingerprint density at radius 3 is 2.50 bits per heavy atom. The van der Waals surface area contributed by atoms with Gasteiger partial charge in [-0.05, 0) is 21.7 Å². The molecule has 0 aliphatic rings. The Morgan fingerprint density at radius 2 is 2.00 bits per heavy atom. The molecule has 12 heavy (non-hydrogen) atoms. The molecule has 0 spiro atoms. The number of rotatable bonds is 2. The van der Waals surface area contributed by atoms with Gasteiger partial charge >= 0.3 is 8.03 Å². The van der Waals surface area contributed by atoms with Gasteiger partial charge in [-0.2, -0.15) is 4.89 Å². The molecule has 1 aromatic rings. The second-order valence-corrected chi connectivity index (χ2v) is 3.85. The fourth-order valence-electron chi connectivity index (χ4n) is 0.742. The zero-order valence-corrected chi connectivity index (χ0v) is 7.80. The van der Waals surface area contributed by atoms with Crippen molar-refractivity contribution in [1.29, 1.82) is 0 Å². The molecule has 0 aliphatic heterocycles. The van der Waals surface area contributed by atoms with E-state index in [9.17, 15) is 4.57 Å². The second kappa shape index (κ2) is 4.36. The number of halogens is 1. The van der Waals surface area contributed by atoms with Crippen molar-refractivity contribution < 1.29 is 9.46 Å². The van der Waals surface area contributed by atoms with Crippen LogP contribution in [0, 0.1) is 0 Å². The van der Waals surface area contributed by atoms with Crippen LogP contribution in [0.4, 0.5) is 0 Å². The molecule has 0 saturated carbocycles. The molecule has 0 bridgehead atoms. The maximum Gasteiger partial charge on any atom is 0.558 e. The zero-order chi connectivity index (χ0) is 8.97. The van der Waals surface area contributed by atoms with Crippen LogP contribution in [-0.2, 0) is 4.57 Å². The van der Waals surface area contributed by atoms with Gasteiger partial charge in [-0.1, -0.05) is 30.3 Å². The van der Waals surface area contributed by atoms with Crippen LogP contribution in [-0.4, -0.2) is 4.89 Å². The molecule has 0 aromatic heterocycles. The van der Waals surface area contributed by atoms with Crippen molar-refractivity contribution in [3.05, 3.63) is 40.7 Å². The molecule has 62 valence electrons. The summed E-state index contributed by atoms with van der Waals surface area (Å²) in [6.07, 6.45) is 1.47. The summed E-state index contributed by atoms with van der Waals surface area (Å²) in [5.74, 6) is 0. The lowest BCUT2D eigenvalue weighted by Crippen LogP contribution is -1.69. The van der Waals surface area contributed by atoms with E-state index in [0.717, 1.165) is 5.56 Å². The topological polar surface area (TPSA) is 37.3 Å². The summed E-state index contributed by atoms with van der Waals surface area (Å²) in [4.78, 5) is 8.59. The molecule has 0 heterocycles. The van der Waals surface area contributed by atoms with E-state index in [1.54, 1.807) is 12.1 Å². The minimum atomic E-state index is -2.41. The van der Waals surface area contributed by atoms with Gasteiger partial charge in [-0.3, -0.25) is 0 Å².